The molecule has 1 aliphatic rings. The lowest BCUT2D eigenvalue weighted by atomic mass is 9.86. The van der Waals surface area contributed by atoms with Crippen molar-refractivity contribution < 1.29 is 28.8 Å². The predicted octanol–water partition coefficient (Wildman–Crippen LogP) is 0.0883. The molecular formula is C15H15N3O7. The largest absolute Gasteiger partial charge is 0.469 e. The maximum absolute atomic E-state index is 12.6. The molecule has 25 heavy (non-hydrogen) atoms. The third-order valence-electron chi connectivity index (χ3n) is 4.03. The third-order valence-corrected chi connectivity index (χ3v) is 4.03. The average molecular weight is 349 g/mol. The maximum atomic E-state index is 12.6. The summed E-state index contributed by atoms with van der Waals surface area (Å²) < 4.78 is 4.49. The average Bonchev–Trinajstić information content (AvgIpc) is 2.68. The van der Waals surface area contributed by atoms with Gasteiger partial charge in [0.1, 0.15) is 11.1 Å². The van der Waals surface area contributed by atoms with Crippen molar-refractivity contribution in [1.82, 2.24) is 5.32 Å². The molecule has 1 atom stereocenters. The van der Waals surface area contributed by atoms with Crippen LogP contribution in [0, 0.1) is 10.1 Å². The highest BCUT2D eigenvalue weighted by Gasteiger charge is 2.45. The number of esters is 1. The van der Waals surface area contributed by atoms with Gasteiger partial charge >= 0.3 is 5.97 Å². The highest BCUT2D eigenvalue weighted by atomic mass is 16.6. The molecule has 0 bridgehead atoms. The summed E-state index contributed by atoms with van der Waals surface area (Å²) in [5, 5.41) is 13.5. The lowest BCUT2D eigenvalue weighted by molar-refractivity contribution is -0.385. The quantitative estimate of drug-likeness (QED) is 0.433. The molecular weight excluding hydrogens is 334 g/mol. The minimum Gasteiger partial charge on any atom is -0.469 e. The first-order valence-corrected chi connectivity index (χ1v) is 7.21. The minimum atomic E-state index is -1.84. The fourth-order valence-electron chi connectivity index (χ4n) is 2.71. The van der Waals surface area contributed by atoms with Gasteiger partial charge in [-0.3, -0.25) is 29.3 Å². The van der Waals surface area contributed by atoms with Crippen molar-refractivity contribution in [2.45, 2.75) is 24.8 Å². The number of primary amides is 1. The van der Waals surface area contributed by atoms with Crippen LogP contribution in [0.3, 0.4) is 0 Å². The number of ketones is 1. The topological polar surface area (TPSA) is 159 Å². The molecule has 2 rings (SSSR count). The van der Waals surface area contributed by atoms with Gasteiger partial charge in [-0.25, -0.2) is 0 Å². The van der Waals surface area contributed by atoms with Crippen molar-refractivity contribution in [2.24, 2.45) is 5.73 Å². The van der Waals surface area contributed by atoms with Crippen LogP contribution in [0.15, 0.2) is 18.2 Å². The fraction of sp³-hybridized carbons (Fsp3) is 0.333. The Morgan fingerprint density at radius 2 is 2.08 bits per heavy atom. The monoisotopic (exact) mass is 349 g/mol. The first-order valence-electron chi connectivity index (χ1n) is 7.21. The van der Waals surface area contributed by atoms with Crippen LogP contribution in [-0.2, 0) is 14.3 Å². The molecule has 1 heterocycles. The van der Waals surface area contributed by atoms with E-state index in [1.807, 2.05) is 0 Å². The number of rotatable bonds is 5. The van der Waals surface area contributed by atoms with E-state index in [0.29, 0.717) is 0 Å². The summed E-state index contributed by atoms with van der Waals surface area (Å²) in [6.07, 6.45) is -1.14. The Morgan fingerprint density at radius 3 is 2.64 bits per heavy atom. The number of nitrogens with one attached hydrogen (secondary N) is 1. The molecule has 10 heteroatoms. The van der Waals surface area contributed by atoms with E-state index >= 15 is 0 Å². The molecule has 1 aliphatic heterocycles. The Morgan fingerprint density at radius 1 is 1.40 bits per heavy atom. The van der Waals surface area contributed by atoms with Crippen molar-refractivity contribution in [1.29, 1.82) is 0 Å². The van der Waals surface area contributed by atoms with Gasteiger partial charge in [-0.15, -0.1) is 0 Å². The van der Waals surface area contributed by atoms with Crippen LogP contribution in [0.2, 0.25) is 0 Å². The standard InChI is InChI=1S/C15H15N3O7/c1-25-11(20)5-6-15(14(16)22)7-10(19)12-8(13(21)17-15)3-2-4-9(12)18(23)24/h2-4H,5-7H2,1H3,(H2,16,22)(H,17,21). The molecule has 0 fully saturated rings. The van der Waals surface area contributed by atoms with Gasteiger partial charge in [0.25, 0.3) is 11.6 Å². The van der Waals surface area contributed by atoms with E-state index in [2.05, 4.69) is 10.1 Å². The van der Waals surface area contributed by atoms with Crippen LogP contribution >= 0.6 is 0 Å². The highest BCUT2D eigenvalue weighted by molar-refractivity contribution is 6.15. The predicted molar refractivity (Wildman–Crippen MR) is 82.7 cm³/mol. The van der Waals surface area contributed by atoms with Gasteiger partial charge in [0.05, 0.1) is 17.6 Å². The second-order valence-electron chi connectivity index (χ2n) is 5.53. The van der Waals surface area contributed by atoms with Gasteiger partial charge in [-0.05, 0) is 12.5 Å². The summed E-state index contributed by atoms with van der Waals surface area (Å²) in [5.41, 5.74) is 2.39. The smallest absolute Gasteiger partial charge is 0.305 e. The van der Waals surface area contributed by atoms with Crippen LogP contribution in [0.25, 0.3) is 0 Å². The van der Waals surface area contributed by atoms with Gasteiger partial charge < -0.3 is 15.8 Å². The van der Waals surface area contributed by atoms with Crippen molar-refractivity contribution in [3.63, 3.8) is 0 Å². The van der Waals surface area contributed by atoms with E-state index in [9.17, 15) is 29.3 Å². The zero-order valence-corrected chi connectivity index (χ0v) is 13.2. The summed E-state index contributed by atoms with van der Waals surface area (Å²) >= 11 is 0. The number of benzene rings is 1. The van der Waals surface area contributed by atoms with Crippen molar-refractivity contribution >= 4 is 29.3 Å². The molecule has 0 radical (unpaired) electrons. The van der Waals surface area contributed by atoms with Crippen molar-refractivity contribution in [2.75, 3.05) is 7.11 Å². The van der Waals surface area contributed by atoms with Crippen LogP contribution in [0.5, 0.6) is 0 Å². The Bertz CT molecular complexity index is 789. The van der Waals surface area contributed by atoms with Crippen LogP contribution < -0.4 is 11.1 Å². The SMILES string of the molecule is COC(=O)CCC1(C(N)=O)CC(=O)c2c(cccc2[N+](=O)[O-])C(=O)N1. The Kier molecular flexibility index (Phi) is 4.82. The molecule has 0 spiro atoms. The van der Waals surface area contributed by atoms with Gasteiger partial charge in [0.15, 0.2) is 5.78 Å². The molecule has 132 valence electrons. The second kappa shape index (κ2) is 6.67. The van der Waals surface area contributed by atoms with Gasteiger partial charge in [-0.1, -0.05) is 6.07 Å². The molecule has 1 unspecified atom stereocenters. The molecule has 0 saturated carbocycles. The van der Waals surface area contributed by atoms with Crippen LogP contribution in [0.4, 0.5) is 5.69 Å². The normalized spacial score (nSPS) is 19.4. The number of nitro groups is 1. The summed E-state index contributed by atoms with van der Waals surface area (Å²) in [4.78, 5) is 58.7. The van der Waals surface area contributed by atoms with Gasteiger partial charge in [0, 0.05) is 18.9 Å². The highest BCUT2D eigenvalue weighted by Crippen LogP contribution is 2.31. The number of hydrogen-bond acceptors (Lipinski definition) is 7. The van der Waals surface area contributed by atoms with E-state index < -0.39 is 46.1 Å². The van der Waals surface area contributed by atoms with Gasteiger partial charge in [0.2, 0.25) is 5.91 Å². The fourth-order valence-corrected chi connectivity index (χ4v) is 2.71. The number of carbonyl (C=O) groups excluding carboxylic acids is 4. The Balaban J connectivity index is 2.51. The number of nitrogens with zero attached hydrogens (tertiary/aromatic N) is 1. The lowest BCUT2D eigenvalue weighted by Gasteiger charge is -2.29. The zero-order chi connectivity index (χ0) is 18.8. The van der Waals surface area contributed by atoms with Crippen LogP contribution in [-0.4, -0.2) is 41.1 Å². The molecule has 1 aromatic carbocycles. The maximum Gasteiger partial charge on any atom is 0.305 e. The van der Waals surface area contributed by atoms with Gasteiger partial charge in [-0.2, -0.15) is 0 Å². The summed E-state index contributed by atoms with van der Waals surface area (Å²) in [5.74, 6) is -3.32. The lowest BCUT2D eigenvalue weighted by Crippen LogP contribution is -2.57. The molecule has 10 nitrogen and oxygen atoms in total. The molecule has 1 aromatic rings. The number of Topliss-reactive ketones (excluding diaryl/α,β-unsaturated/α-hetero) is 1. The summed E-state index contributed by atoms with van der Waals surface area (Å²) in [6, 6.07) is 3.60. The molecule has 2 amide bonds. The van der Waals surface area contributed by atoms with E-state index in [-0.39, 0.29) is 24.0 Å². The molecule has 3 N–H and O–H groups in total. The number of carbonyl (C=O) groups is 4. The summed E-state index contributed by atoms with van der Waals surface area (Å²) in [6.45, 7) is 0. The molecule has 0 aliphatic carbocycles. The first-order chi connectivity index (χ1) is 11.7. The number of amides is 2. The second-order valence-corrected chi connectivity index (χ2v) is 5.53. The van der Waals surface area contributed by atoms with E-state index in [1.54, 1.807) is 0 Å². The molecule has 0 aromatic heterocycles. The summed E-state index contributed by atoms with van der Waals surface area (Å²) in [7, 11) is 1.15. The number of ether oxygens (including phenoxy) is 1. The number of methoxy groups -OCH3 is 1. The van der Waals surface area contributed by atoms with Crippen LogP contribution in [0.1, 0.15) is 40.0 Å². The number of hydrogen-bond donors (Lipinski definition) is 2. The number of nitrogens with two attached hydrogens (primary N) is 1. The van der Waals surface area contributed by atoms with E-state index in [4.69, 9.17) is 5.73 Å². The van der Waals surface area contributed by atoms with Crippen molar-refractivity contribution in [3.8, 4) is 0 Å². The number of fused-ring (bicyclic) bond motifs is 1. The zero-order valence-electron chi connectivity index (χ0n) is 13.2. The Labute approximate surface area is 141 Å². The molecule has 0 saturated heterocycles. The minimum absolute atomic E-state index is 0.222. The van der Waals surface area contributed by atoms with E-state index in [0.717, 1.165) is 13.2 Å². The van der Waals surface area contributed by atoms with E-state index in [1.165, 1.54) is 12.1 Å². The first kappa shape index (κ1) is 18.0. The van der Waals surface area contributed by atoms with Crippen molar-refractivity contribution in [3.05, 3.63) is 39.4 Å². The third kappa shape index (κ3) is 3.32. The number of nitro benzene ring substituents is 1. The Hall–Kier alpha value is -3.30.